The lowest BCUT2D eigenvalue weighted by Gasteiger charge is -2.22. The van der Waals surface area contributed by atoms with E-state index in [9.17, 15) is 13.6 Å². The quantitative estimate of drug-likeness (QED) is 0.263. The average molecular weight is 553 g/mol. The van der Waals surface area contributed by atoms with Crippen LogP contribution in [-0.2, 0) is 13.1 Å². The number of hydrogen-bond acceptors (Lipinski definition) is 6. The average Bonchev–Trinajstić information content (AvgIpc) is 3.56. The number of nitrogen functional groups attached to an aromatic ring is 1. The molecule has 2 aromatic carbocycles. The molecule has 6 rings (SSSR count). The van der Waals surface area contributed by atoms with Gasteiger partial charge in [0.05, 0.1) is 36.6 Å². The van der Waals surface area contributed by atoms with Gasteiger partial charge in [-0.25, -0.2) is 23.7 Å². The first kappa shape index (κ1) is 26.1. The number of fused-ring (bicyclic) bond motifs is 2. The molecular weight excluding hydrogens is 526 g/mol. The van der Waals surface area contributed by atoms with Gasteiger partial charge in [0, 0.05) is 29.5 Å². The molecule has 0 radical (unpaired) electrons. The number of anilines is 1. The summed E-state index contributed by atoms with van der Waals surface area (Å²) in [5.74, 6) is -2.64. The highest BCUT2D eigenvalue weighted by Crippen LogP contribution is 2.38. The number of halogens is 2. The van der Waals surface area contributed by atoms with E-state index in [1.54, 1.807) is 37.5 Å². The Kier molecular flexibility index (Phi) is 6.46. The minimum atomic E-state index is -2.68. The number of nitrogens with two attached hydrogens (primary N) is 1. The molecule has 0 unspecified atom stereocenters. The number of carbonyl (C=O) groups is 1. The fourth-order valence-corrected chi connectivity index (χ4v) is 5.30. The van der Waals surface area contributed by atoms with Crippen molar-refractivity contribution in [2.24, 2.45) is 0 Å². The van der Waals surface area contributed by atoms with Gasteiger partial charge in [-0.3, -0.25) is 4.79 Å². The van der Waals surface area contributed by atoms with Gasteiger partial charge in [0.15, 0.2) is 11.5 Å². The van der Waals surface area contributed by atoms with Gasteiger partial charge in [0.2, 0.25) is 0 Å². The van der Waals surface area contributed by atoms with Crippen molar-refractivity contribution in [1.29, 1.82) is 5.26 Å². The molecule has 1 amide bonds. The van der Waals surface area contributed by atoms with Gasteiger partial charge >= 0.3 is 0 Å². The Morgan fingerprint density at radius 3 is 2.83 bits per heavy atom. The van der Waals surface area contributed by atoms with Crippen LogP contribution >= 0.6 is 0 Å². The number of aromatic nitrogens is 5. The van der Waals surface area contributed by atoms with Crippen LogP contribution in [0.2, 0.25) is 0 Å². The van der Waals surface area contributed by atoms with Gasteiger partial charge in [-0.1, -0.05) is 6.08 Å². The molecule has 206 valence electrons. The Bertz CT molecular complexity index is 1900. The molecule has 1 aliphatic carbocycles. The van der Waals surface area contributed by atoms with E-state index in [1.807, 2.05) is 22.8 Å². The monoisotopic (exact) mass is 552 g/mol. The Labute approximate surface area is 233 Å². The number of carbonyl (C=O) groups excluding carboxylic acids is 1. The molecule has 0 aliphatic heterocycles. The van der Waals surface area contributed by atoms with E-state index in [0.29, 0.717) is 34.4 Å². The van der Waals surface area contributed by atoms with Crippen LogP contribution in [0.4, 0.5) is 14.6 Å². The van der Waals surface area contributed by atoms with E-state index < -0.39 is 5.92 Å². The number of hydrogen-bond donors (Lipinski definition) is 3. The zero-order valence-corrected chi connectivity index (χ0v) is 22.2. The lowest BCUT2D eigenvalue weighted by Crippen LogP contribution is -2.23. The van der Waals surface area contributed by atoms with Crippen molar-refractivity contribution in [2.75, 3.05) is 5.73 Å². The maximum atomic E-state index is 13.9. The Hall–Kier alpha value is -5.11. The van der Waals surface area contributed by atoms with E-state index in [1.165, 1.54) is 6.33 Å². The summed E-state index contributed by atoms with van der Waals surface area (Å²) >= 11 is 0. The number of amides is 1. The molecule has 0 spiro atoms. The number of imidazole rings is 1. The predicted octanol–water partition coefficient (Wildman–Crippen LogP) is 5.25. The van der Waals surface area contributed by atoms with Crippen molar-refractivity contribution in [3.05, 3.63) is 88.6 Å². The molecular formula is C30H26F2N8O. The van der Waals surface area contributed by atoms with Gasteiger partial charge < -0.3 is 20.6 Å². The van der Waals surface area contributed by atoms with Crippen LogP contribution in [0.1, 0.15) is 57.6 Å². The number of H-pyrrole nitrogens is 1. The van der Waals surface area contributed by atoms with Crippen molar-refractivity contribution in [3.8, 4) is 6.07 Å². The maximum absolute atomic E-state index is 13.9. The van der Waals surface area contributed by atoms with Gasteiger partial charge in [-0.15, -0.1) is 0 Å². The van der Waals surface area contributed by atoms with Gasteiger partial charge in [-0.05, 0) is 72.0 Å². The second-order valence-electron chi connectivity index (χ2n) is 10.3. The third kappa shape index (κ3) is 5.12. The first-order valence-corrected chi connectivity index (χ1v) is 13.1. The zero-order chi connectivity index (χ0) is 28.7. The SMILES string of the molecule is Cc1cc(C#N)ccc1C(=O)NCc1cc2cc(C3=CCC(F)(F)CC3)cc(Cn3cnc4c(N)ncnc43)c2[nH]1. The van der Waals surface area contributed by atoms with Crippen molar-refractivity contribution in [1.82, 2.24) is 29.8 Å². The highest BCUT2D eigenvalue weighted by Gasteiger charge is 2.31. The number of alkyl halides is 2. The van der Waals surface area contributed by atoms with Gasteiger partial charge in [-0.2, -0.15) is 5.26 Å². The minimum absolute atomic E-state index is 0.187. The fraction of sp³-hybridized carbons (Fsp3) is 0.233. The van der Waals surface area contributed by atoms with Crippen LogP contribution in [0, 0.1) is 18.3 Å². The number of allylic oxidation sites excluding steroid dienone is 2. The first-order valence-electron chi connectivity index (χ1n) is 13.1. The summed E-state index contributed by atoms with van der Waals surface area (Å²) in [6.07, 6.45) is 4.49. The van der Waals surface area contributed by atoms with Crippen LogP contribution in [0.25, 0.3) is 27.6 Å². The second-order valence-corrected chi connectivity index (χ2v) is 10.3. The highest BCUT2D eigenvalue weighted by atomic mass is 19.3. The largest absolute Gasteiger partial charge is 0.382 e. The number of nitrogens with zero attached hydrogens (tertiary/aromatic N) is 5. The molecule has 4 N–H and O–H groups in total. The number of nitriles is 1. The summed E-state index contributed by atoms with van der Waals surface area (Å²) < 4.78 is 29.6. The van der Waals surface area contributed by atoms with Crippen molar-refractivity contribution in [2.45, 2.75) is 45.2 Å². The molecule has 0 saturated heterocycles. The molecule has 3 aromatic heterocycles. The summed E-state index contributed by atoms with van der Waals surface area (Å²) in [5.41, 5.74) is 13.1. The molecule has 0 saturated carbocycles. The molecule has 0 atom stereocenters. The van der Waals surface area contributed by atoms with Crippen molar-refractivity contribution in [3.63, 3.8) is 0 Å². The Morgan fingerprint density at radius 2 is 2.07 bits per heavy atom. The smallest absolute Gasteiger partial charge is 0.251 e. The topological polar surface area (TPSA) is 138 Å². The van der Waals surface area contributed by atoms with Crippen LogP contribution in [0.15, 0.2) is 55.1 Å². The summed E-state index contributed by atoms with van der Waals surface area (Å²) in [6.45, 7) is 2.44. The standard InChI is InChI=1S/C30H26F2N8O/c1-17-8-18(12-33)2-3-24(17)29(41)35-13-23-11-21-9-20(19-4-6-30(31,32)7-5-19)10-22(25(21)39-23)14-40-16-38-26-27(34)36-15-37-28(26)40/h2-4,8-11,15-16,39H,5-7,13-14H2,1H3,(H,35,41)(H2,34,36,37). The predicted molar refractivity (Wildman–Crippen MR) is 151 cm³/mol. The number of rotatable bonds is 6. The Balaban J connectivity index is 1.34. The highest BCUT2D eigenvalue weighted by molar-refractivity contribution is 5.96. The van der Waals surface area contributed by atoms with Crippen LogP contribution in [0.3, 0.4) is 0 Å². The van der Waals surface area contributed by atoms with E-state index in [-0.39, 0.29) is 37.5 Å². The zero-order valence-electron chi connectivity index (χ0n) is 22.2. The summed E-state index contributed by atoms with van der Waals surface area (Å²) in [6, 6.07) is 13.0. The molecule has 1 aliphatic rings. The fourth-order valence-electron chi connectivity index (χ4n) is 5.30. The van der Waals surface area contributed by atoms with Crippen LogP contribution in [-0.4, -0.2) is 36.3 Å². The minimum Gasteiger partial charge on any atom is -0.382 e. The molecule has 3 heterocycles. The number of nitrogens with one attached hydrogen (secondary N) is 2. The number of benzene rings is 2. The van der Waals surface area contributed by atoms with Gasteiger partial charge in [0.1, 0.15) is 11.8 Å². The van der Waals surface area contributed by atoms with E-state index in [2.05, 4.69) is 31.3 Å². The van der Waals surface area contributed by atoms with Crippen molar-refractivity contribution >= 4 is 39.4 Å². The van der Waals surface area contributed by atoms with E-state index >= 15 is 0 Å². The lowest BCUT2D eigenvalue weighted by molar-refractivity contribution is -0.00603. The maximum Gasteiger partial charge on any atom is 0.251 e. The van der Waals surface area contributed by atoms with Crippen LogP contribution in [0.5, 0.6) is 0 Å². The summed E-state index contributed by atoms with van der Waals surface area (Å²) in [5, 5.41) is 12.9. The second kappa shape index (κ2) is 10.1. The molecule has 0 fully saturated rings. The number of aromatic amines is 1. The van der Waals surface area contributed by atoms with Crippen LogP contribution < -0.4 is 11.1 Å². The molecule has 9 nitrogen and oxygen atoms in total. The summed E-state index contributed by atoms with van der Waals surface area (Å²) in [4.78, 5) is 29.0. The van der Waals surface area contributed by atoms with E-state index in [0.717, 1.165) is 33.3 Å². The third-order valence-corrected chi connectivity index (χ3v) is 7.45. The normalized spacial score (nSPS) is 14.6. The Morgan fingerprint density at radius 1 is 1.22 bits per heavy atom. The first-order chi connectivity index (χ1) is 19.7. The third-order valence-electron chi connectivity index (χ3n) is 7.45. The van der Waals surface area contributed by atoms with Gasteiger partial charge in [0.25, 0.3) is 11.8 Å². The molecule has 0 bridgehead atoms. The van der Waals surface area contributed by atoms with Crippen molar-refractivity contribution < 1.29 is 13.6 Å². The summed E-state index contributed by atoms with van der Waals surface area (Å²) in [7, 11) is 0. The van der Waals surface area contributed by atoms with E-state index in [4.69, 9.17) is 11.0 Å². The molecule has 41 heavy (non-hydrogen) atoms. The lowest BCUT2D eigenvalue weighted by atomic mass is 9.90. The molecule has 5 aromatic rings. The number of aryl methyl sites for hydroxylation is 1. The molecule has 11 heteroatoms.